The molecular weight excluding hydrogens is 480 g/mol. The summed E-state index contributed by atoms with van der Waals surface area (Å²) in [6.45, 7) is -1.19. The first kappa shape index (κ1) is 25.8. The van der Waals surface area contributed by atoms with Gasteiger partial charge in [0.2, 0.25) is 5.28 Å². The van der Waals surface area contributed by atoms with Crippen LogP contribution in [0.1, 0.15) is 11.8 Å². The van der Waals surface area contributed by atoms with Gasteiger partial charge in [-0.1, -0.05) is 36.3 Å². The van der Waals surface area contributed by atoms with Gasteiger partial charge in [-0.25, -0.2) is 9.78 Å². The van der Waals surface area contributed by atoms with Crippen molar-refractivity contribution in [3.05, 3.63) is 47.5 Å². The van der Waals surface area contributed by atoms with E-state index in [4.69, 9.17) is 33.2 Å². The number of aliphatic hydroxyl groups excluding tert-OH is 2. The molecule has 0 bridgehead atoms. The summed E-state index contributed by atoms with van der Waals surface area (Å²) in [5, 5.41) is 39.5. The molecule has 0 saturated carbocycles. The number of fused-ring (bicyclic) bond motifs is 1. The van der Waals surface area contributed by atoms with Gasteiger partial charge in [0.1, 0.15) is 17.7 Å². The first-order valence-corrected chi connectivity index (χ1v) is 10.5. The number of aromatic nitrogens is 4. The van der Waals surface area contributed by atoms with Crippen molar-refractivity contribution in [1.82, 2.24) is 19.5 Å². The normalized spacial score (nSPS) is 15.5. The van der Waals surface area contributed by atoms with Crippen LogP contribution in [0.4, 0.5) is 5.82 Å². The van der Waals surface area contributed by atoms with Crippen LogP contribution in [0.3, 0.4) is 0 Å². The molecule has 1 unspecified atom stereocenters. The summed E-state index contributed by atoms with van der Waals surface area (Å²) in [7, 11) is 0. The summed E-state index contributed by atoms with van der Waals surface area (Å²) in [4.78, 5) is 23.9. The Morgan fingerprint density at radius 2 is 2.06 bits per heavy atom. The summed E-state index contributed by atoms with van der Waals surface area (Å²) >= 11 is 5.88. The maximum absolute atomic E-state index is 12.0. The van der Waals surface area contributed by atoms with E-state index >= 15 is 0 Å². The lowest BCUT2D eigenvalue weighted by molar-refractivity contribution is -0.173. The Labute approximate surface area is 204 Å². The number of terminal acetylenes is 1. The Balaban J connectivity index is 1.86. The lowest BCUT2D eigenvalue weighted by atomic mass is 9.95. The van der Waals surface area contributed by atoms with Crippen LogP contribution in [0.2, 0.25) is 5.28 Å². The number of ether oxygens (including phenoxy) is 2. The van der Waals surface area contributed by atoms with Crippen molar-refractivity contribution in [2.45, 2.75) is 30.5 Å². The van der Waals surface area contributed by atoms with Crippen molar-refractivity contribution < 1.29 is 29.6 Å². The number of aliphatic carboxylic acids is 1. The molecule has 13 heteroatoms. The van der Waals surface area contributed by atoms with Gasteiger partial charge in [-0.05, 0) is 17.2 Å². The van der Waals surface area contributed by atoms with Crippen molar-refractivity contribution in [2.75, 3.05) is 18.9 Å². The van der Waals surface area contributed by atoms with E-state index in [2.05, 4.69) is 20.9 Å². The quantitative estimate of drug-likeness (QED) is 0.212. The minimum absolute atomic E-state index is 0.0177. The molecule has 2 heterocycles. The van der Waals surface area contributed by atoms with Crippen molar-refractivity contribution >= 4 is 34.6 Å². The van der Waals surface area contributed by atoms with Gasteiger partial charge in [-0.3, -0.25) is 4.57 Å². The van der Waals surface area contributed by atoms with Gasteiger partial charge in [0, 0.05) is 6.42 Å². The number of benzene rings is 1. The highest BCUT2D eigenvalue weighted by molar-refractivity contribution is 6.28. The molecule has 0 aliphatic rings. The van der Waals surface area contributed by atoms with Crippen LogP contribution in [0, 0.1) is 23.7 Å². The van der Waals surface area contributed by atoms with Gasteiger partial charge in [0.15, 0.2) is 23.8 Å². The molecule has 0 aliphatic carbocycles. The minimum atomic E-state index is -2.25. The molecule has 0 amide bonds. The van der Waals surface area contributed by atoms with E-state index < -0.39 is 43.2 Å². The lowest BCUT2D eigenvalue weighted by Crippen LogP contribution is -2.45. The maximum atomic E-state index is 12.0. The molecule has 12 nitrogen and oxygen atoms in total. The van der Waals surface area contributed by atoms with Crippen LogP contribution in [0.15, 0.2) is 36.7 Å². The standard InChI is InChI=1S/C22H21ClN6O6/c1-2-15(31)19(29-12-26-16-17(25)27-21(23)28-18(16)29)35-14(9-30)10-34-22(11-24,20(32)33)8-13-6-4-3-5-7-13/h1,3-7,12,14-15,19,30-31H,8-10H2,(H,32,33)(H2,25,27,28)/t14-,15+,19+,22?/m0/s1. The molecule has 5 N–H and O–H groups in total. The zero-order valence-electron chi connectivity index (χ0n) is 18.2. The largest absolute Gasteiger partial charge is 0.478 e. The third kappa shape index (κ3) is 5.66. The Morgan fingerprint density at radius 1 is 1.34 bits per heavy atom. The summed E-state index contributed by atoms with van der Waals surface area (Å²) in [5.74, 6) is 0.588. The first-order chi connectivity index (χ1) is 16.7. The van der Waals surface area contributed by atoms with Gasteiger partial charge in [0.05, 0.1) is 19.5 Å². The number of nitriles is 1. The third-order valence-electron chi connectivity index (χ3n) is 5.01. The fourth-order valence-electron chi connectivity index (χ4n) is 3.23. The molecule has 2 aromatic heterocycles. The average molecular weight is 501 g/mol. The number of anilines is 1. The molecule has 3 aromatic rings. The van der Waals surface area contributed by atoms with Crippen LogP contribution >= 0.6 is 11.6 Å². The average Bonchev–Trinajstić information content (AvgIpc) is 3.27. The maximum Gasteiger partial charge on any atom is 0.351 e. The van der Waals surface area contributed by atoms with Gasteiger partial charge < -0.3 is 30.5 Å². The number of halogens is 1. The number of carboxylic acids is 1. The molecule has 1 aromatic carbocycles. The van der Waals surface area contributed by atoms with E-state index in [1.165, 1.54) is 10.9 Å². The van der Waals surface area contributed by atoms with Crippen LogP contribution in [-0.2, 0) is 20.7 Å². The number of aliphatic hydroxyl groups is 2. The topological polar surface area (TPSA) is 190 Å². The second-order valence-electron chi connectivity index (χ2n) is 7.36. The number of rotatable bonds is 11. The summed E-state index contributed by atoms with van der Waals surface area (Å²) in [5.41, 5.74) is 4.37. The predicted molar refractivity (Wildman–Crippen MR) is 123 cm³/mol. The van der Waals surface area contributed by atoms with Crippen LogP contribution in [0.25, 0.3) is 11.2 Å². The monoisotopic (exact) mass is 500 g/mol. The second kappa shape index (κ2) is 11.1. The molecule has 182 valence electrons. The zero-order chi connectivity index (χ0) is 25.6. The number of hydrogen-bond donors (Lipinski definition) is 4. The van der Waals surface area contributed by atoms with E-state index in [1.54, 1.807) is 36.4 Å². The first-order valence-electron chi connectivity index (χ1n) is 10.1. The Morgan fingerprint density at radius 3 is 2.66 bits per heavy atom. The number of hydrogen-bond acceptors (Lipinski definition) is 10. The minimum Gasteiger partial charge on any atom is -0.478 e. The molecule has 0 radical (unpaired) electrons. The van der Waals surface area contributed by atoms with E-state index in [-0.39, 0.29) is 28.7 Å². The van der Waals surface area contributed by atoms with Crippen molar-refractivity contribution in [3.8, 4) is 18.4 Å². The van der Waals surface area contributed by atoms with E-state index in [1.807, 2.05) is 0 Å². The molecule has 0 aliphatic heterocycles. The van der Waals surface area contributed by atoms with Crippen LogP contribution < -0.4 is 5.73 Å². The Kier molecular flexibility index (Phi) is 8.19. The number of carboxylic acid groups (broad SMARTS) is 1. The Hall–Kier alpha value is -3.78. The van der Waals surface area contributed by atoms with Crippen LogP contribution in [0.5, 0.6) is 0 Å². The molecule has 0 fully saturated rings. The second-order valence-corrected chi connectivity index (χ2v) is 7.70. The van der Waals surface area contributed by atoms with Gasteiger partial charge in [-0.2, -0.15) is 15.2 Å². The molecule has 4 atom stereocenters. The van der Waals surface area contributed by atoms with Crippen LogP contribution in [-0.4, -0.2) is 71.8 Å². The van der Waals surface area contributed by atoms with Gasteiger partial charge >= 0.3 is 5.97 Å². The van der Waals surface area contributed by atoms with Gasteiger partial charge in [-0.15, -0.1) is 6.42 Å². The fraction of sp³-hybridized carbons (Fsp3) is 0.318. The van der Waals surface area contributed by atoms with Gasteiger partial charge in [0.25, 0.3) is 5.60 Å². The molecule has 3 rings (SSSR count). The molecular formula is C22H21ClN6O6. The lowest BCUT2D eigenvalue weighted by Gasteiger charge is -2.29. The van der Waals surface area contributed by atoms with Crippen molar-refractivity contribution in [1.29, 1.82) is 5.26 Å². The molecule has 0 spiro atoms. The smallest absolute Gasteiger partial charge is 0.351 e. The highest BCUT2D eigenvalue weighted by Gasteiger charge is 2.41. The van der Waals surface area contributed by atoms with Crippen molar-refractivity contribution in [3.63, 3.8) is 0 Å². The van der Waals surface area contributed by atoms with E-state index in [0.717, 1.165) is 0 Å². The number of nitrogens with two attached hydrogens (primary N) is 1. The van der Waals surface area contributed by atoms with E-state index in [0.29, 0.717) is 5.56 Å². The summed E-state index contributed by atoms with van der Waals surface area (Å²) < 4.78 is 12.5. The number of imidazole rings is 1. The molecule has 0 saturated heterocycles. The number of nitrogens with zero attached hydrogens (tertiary/aromatic N) is 5. The predicted octanol–water partition coefficient (Wildman–Crippen LogP) is 0.538. The van der Waals surface area contributed by atoms with Crippen molar-refractivity contribution in [2.24, 2.45) is 0 Å². The SMILES string of the molecule is C#C[C@@H](O)[C@@H](O[C@@H](CO)COC(C#N)(Cc1ccccc1)C(=O)O)n1cnc2c(N)nc(Cl)nc21. The Bertz CT molecular complexity index is 1270. The summed E-state index contributed by atoms with van der Waals surface area (Å²) in [6, 6.07) is 10.1. The highest BCUT2D eigenvalue weighted by Crippen LogP contribution is 2.26. The number of carbonyl (C=O) groups is 1. The zero-order valence-corrected chi connectivity index (χ0v) is 18.9. The van der Waals surface area contributed by atoms with E-state index in [9.17, 15) is 25.4 Å². The number of nitrogen functional groups attached to an aromatic ring is 1. The third-order valence-corrected chi connectivity index (χ3v) is 5.18. The summed E-state index contributed by atoms with van der Waals surface area (Å²) in [6.07, 6.45) is 2.24. The molecule has 35 heavy (non-hydrogen) atoms. The highest BCUT2D eigenvalue weighted by atomic mass is 35.5. The fourth-order valence-corrected chi connectivity index (χ4v) is 3.40.